The molecular formula is C26H22BrNO7S. The van der Waals surface area contributed by atoms with Gasteiger partial charge in [0.25, 0.3) is 0 Å². The lowest BCUT2D eigenvalue weighted by Crippen LogP contribution is -2.27. The second-order valence-corrected chi connectivity index (χ2v) is 10.6. The van der Waals surface area contributed by atoms with Gasteiger partial charge in [0.05, 0.1) is 16.7 Å². The summed E-state index contributed by atoms with van der Waals surface area (Å²) in [5.41, 5.74) is 0.804. The molecule has 1 aromatic heterocycles. The first-order valence-electron chi connectivity index (χ1n) is 10.9. The zero-order valence-electron chi connectivity index (χ0n) is 19.4. The summed E-state index contributed by atoms with van der Waals surface area (Å²) in [6.07, 6.45) is -0.188. The van der Waals surface area contributed by atoms with Gasteiger partial charge in [-0.15, -0.1) is 0 Å². The minimum Gasteiger partial charge on any atom is -0.457 e. The fraction of sp³-hybridized carbons (Fsp3) is 0.154. The maximum absolute atomic E-state index is 13.0. The number of nitrogens with one attached hydrogen (secondary N) is 1. The molecule has 10 heteroatoms. The maximum atomic E-state index is 13.0. The molecular weight excluding hydrogens is 550 g/mol. The fourth-order valence-corrected chi connectivity index (χ4v) is 4.64. The van der Waals surface area contributed by atoms with Crippen LogP contribution in [0.15, 0.2) is 85.3 Å². The van der Waals surface area contributed by atoms with E-state index < -0.39 is 16.0 Å². The van der Waals surface area contributed by atoms with Gasteiger partial charge in [0, 0.05) is 17.1 Å². The molecule has 0 radical (unpaired) electrons. The van der Waals surface area contributed by atoms with Crippen molar-refractivity contribution in [3.63, 3.8) is 0 Å². The number of sulfonamides is 1. The van der Waals surface area contributed by atoms with Gasteiger partial charge in [0.15, 0.2) is 0 Å². The molecule has 8 nitrogen and oxygen atoms in total. The highest BCUT2D eigenvalue weighted by Gasteiger charge is 2.17. The van der Waals surface area contributed by atoms with Crippen molar-refractivity contribution >= 4 is 42.9 Å². The smallest absolute Gasteiger partial charge is 0.312 e. The van der Waals surface area contributed by atoms with E-state index >= 15 is 0 Å². The minimum absolute atomic E-state index is 0.0652. The molecule has 1 heterocycles. The molecule has 0 unspecified atom stereocenters. The molecule has 186 valence electrons. The van der Waals surface area contributed by atoms with Crippen LogP contribution in [0.1, 0.15) is 17.7 Å². The van der Waals surface area contributed by atoms with Gasteiger partial charge < -0.3 is 13.9 Å². The first-order valence-corrected chi connectivity index (χ1v) is 13.2. The minimum atomic E-state index is -3.73. The first-order chi connectivity index (χ1) is 17.1. The lowest BCUT2D eigenvalue weighted by Gasteiger charge is -2.10. The molecule has 0 aliphatic rings. The number of rotatable bonds is 8. The normalized spacial score (nSPS) is 11.4. The number of carbonyl (C=O) groups excluding carboxylic acids is 1. The predicted octanol–water partition coefficient (Wildman–Crippen LogP) is 5.24. The number of hydrogen-bond donors (Lipinski definition) is 1. The SMILES string of the molecule is Cc1ccc(S(=O)(=O)NCCC(=O)Oc2ccc3c(=O)c(Oc4ccc(Br)cc4)c(C)oc3c2)cc1. The predicted molar refractivity (Wildman–Crippen MR) is 138 cm³/mol. The van der Waals surface area contributed by atoms with Crippen molar-refractivity contribution in [2.45, 2.75) is 25.2 Å². The quantitative estimate of drug-likeness (QED) is 0.227. The number of fused-ring (bicyclic) bond motifs is 1. The lowest BCUT2D eigenvalue weighted by atomic mass is 10.2. The summed E-state index contributed by atoms with van der Waals surface area (Å²) in [6.45, 7) is 3.33. The molecule has 0 atom stereocenters. The van der Waals surface area contributed by atoms with E-state index in [4.69, 9.17) is 13.9 Å². The van der Waals surface area contributed by atoms with Crippen LogP contribution in [0, 0.1) is 13.8 Å². The number of carbonyl (C=O) groups is 1. The summed E-state index contributed by atoms with van der Waals surface area (Å²) in [5, 5.41) is 0.262. The van der Waals surface area contributed by atoms with Crippen LogP contribution in [0.4, 0.5) is 0 Å². The summed E-state index contributed by atoms with van der Waals surface area (Å²) < 4.78 is 44.7. The van der Waals surface area contributed by atoms with Gasteiger partial charge in [-0.3, -0.25) is 9.59 Å². The Hall–Kier alpha value is -3.47. The largest absolute Gasteiger partial charge is 0.457 e. The van der Waals surface area contributed by atoms with Crippen LogP contribution in [-0.2, 0) is 14.8 Å². The van der Waals surface area contributed by atoms with Crippen LogP contribution in [-0.4, -0.2) is 20.9 Å². The Morgan fingerprint density at radius 3 is 2.33 bits per heavy atom. The van der Waals surface area contributed by atoms with Crippen LogP contribution >= 0.6 is 15.9 Å². The van der Waals surface area contributed by atoms with Crippen LogP contribution in [0.3, 0.4) is 0 Å². The van der Waals surface area contributed by atoms with Gasteiger partial charge in [0.1, 0.15) is 22.8 Å². The summed E-state index contributed by atoms with van der Waals surface area (Å²) in [4.78, 5) is 25.3. The molecule has 0 amide bonds. The van der Waals surface area contributed by atoms with Crippen molar-refractivity contribution in [1.82, 2.24) is 4.72 Å². The molecule has 0 fully saturated rings. The van der Waals surface area contributed by atoms with Crippen molar-refractivity contribution in [1.29, 1.82) is 0 Å². The number of hydrogen-bond acceptors (Lipinski definition) is 7. The number of benzene rings is 3. The maximum Gasteiger partial charge on any atom is 0.312 e. The van der Waals surface area contributed by atoms with E-state index in [0.29, 0.717) is 5.75 Å². The second-order valence-electron chi connectivity index (χ2n) is 7.97. The third-order valence-corrected chi connectivity index (χ3v) is 7.21. The molecule has 0 saturated heterocycles. The monoisotopic (exact) mass is 571 g/mol. The second kappa shape index (κ2) is 10.7. The third kappa shape index (κ3) is 6.01. The molecule has 0 saturated carbocycles. The Morgan fingerprint density at radius 2 is 1.64 bits per heavy atom. The Labute approximate surface area is 216 Å². The van der Waals surface area contributed by atoms with Crippen molar-refractivity contribution in [2.24, 2.45) is 0 Å². The standard InChI is InChI=1S/C26H22BrNO7S/c1-16-3-10-21(11-4-16)36(31,32)28-14-13-24(29)34-20-9-12-22-23(15-20)33-17(2)26(25(22)30)35-19-7-5-18(27)6-8-19/h3-12,15,28H,13-14H2,1-2H3. The van der Waals surface area contributed by atoms with E-state index in [2.05, 4.69) is 20.7 Å². The van der Waals surface area contributed by atoms with Gasteiger partial charge in [-0.2, -0.15) is 0 Å². The van der Waals surface area contributed by atoms with Crippen molar-refractivity contribution in [3.8, 4) is 17.2 Å². The number of halogens is 1. The zero-order chi connectivity index (χ0) is 25.9. The first kappa shape index (κ1) is 25.6. The number of ether oxygens (including phenoxy) is 2. The van der Waals surface area contributed by atoms with Gasteiger partial charge >= 0.3 is 5.97 Å². The molecule has 4 aromatic rings. The van der Waals surface area contributed by atoms with E-state index in [0.717, 1.165) is 10.0 Å². The average Bonchev–Trinajstić information content (AvgIpc) is 2.83. The fourth-order valence-electron chi connectivity index (χ4n) is 3.34. The molecule has 1 N–H and O–H groups in total. The highest BCUT2D eigenvalue weighted by Crippen LogP contribution is 2.28. The Bertz CT molecular complexity index is 1580. The van der Waals surface area contributed by atoms with Crippen LogP contribution in [0.25, 0.3) is 11.0 Å². The number of esters is 1. The van der Waals surface area contributed by atoms with Crippen molar-refractivity contribution in [2.75, 3.05) is 6.54 Å². The van der Waals surface area contributed by atoms with E-state index in [9.17, 15) is 18.0 Å². The van der Waals surface area contributed by atoms with E-state index in [-0.39, 0.29) is 51.5 Å². The molecule has 0 bridgehead atoms. The molecule has 0 aliphatic heterocycles. The summed E-state index contributed by atoms with van der Waals surface area (Å²) in [7, 11) is -3.73. The van der Waals surface area contributed by atoms with E-state index in [1.54, 1.807) is 43.3 Å². The zero-order valence-corrected chi connectivity index (χ0v) is 21.8. The topological polar surface area (TPSA) is 112 Å². The summed E-state index contributed by atoms with van der Waals surface area (Å²) in [5.74, 6) is 0.338. The van der Waals surface area contributed by atoms with Gasteiger partial charge in [-0.05, 0) is 62.4 Å². The molecule has 0 spiro atoms. The Kier molecular flexibility index (Phi) is 7.58. The molecule has 4 rings (SSSR count). The average molecular weight is 572 g/mol. The Morgan fingerprint density at radius 1 is 0.972 bits per heavy atom. The number of aryl methyl sites for hydroxylation is 2. The van der Waals surface area contributed by atoms with Crippen molar-refractivity contribution in [3.05, 3.63) is 92.7 Å². The Balaban J connectivity index is 1.42. The third-order valence-electron chi connectivity index (χ3n) is 5.20. The van der Waals surface area contributed by atoms with E-state index in [1.807, 2.05) is 6.92 Å². The van der Waals surface area contributed by atoms with Gasteiger partial charge in [-0.25, -0.2) is 13.1 Å². The lowest BCUT2D eigenvalue weighted by molar-refractivity contribution is -0.134. The molecule has 36 heavy (non-hydrogen) atoms. The van der Waals surface area contributed by atoms with Crippen LogP contribution < -0.4 is 19.6 Å². The van der Waals surface area contributed by atoms with Gasteiger partial charge in [0.2, 0.25) is 21.2 Å². The summed E-state index contributed by atoms with van der Waals surface area (Å²) in [6, 6.07) is 17.8. The molecule has 3 aromatic carbocycles. The van der Waals surface area contributed by atoms with Crippen molar-refractivity contribution < 1.29 is 27.1 Å². The molecule has 0 aliphatic carbocycles. The van der Waals surface area contributed by atoms with Gasteiger partial charge in [-0.1, -0.05) is 33.6 Å². The van der Waals surface area contributed by atoms with Crippen LogP contribution in [0.2, 0.25) is 0 Å². The highest BCUT2D eigenvalue weighted by atomic mass is 79.9. The van der Waals surface area contributed by atoms with E-state index in [1.165, 1.54) is 30.3 Å². The summed E-state index contributed by atoms with van der Waals surface area (Å²) >= 11 is 3.35. The highest BCUT2D eigenvalue weighted by molar-refractivity contribution is 9.10. The van der Waals surface area contributed by atoms with Crippen LogP contribution in [0.5, 0.6) is 17.2 Å².